The molecule has 0 saturated carbocycles. The third kappa shape index (κ3) is 2.68. The maximum absolute atomic E-state index is 13.2. The van der Waals surface area contributed by atoms with E-state index in [1.54, 1.807) is 17.7 Å². The Bertz CT molecular complexity index is 1170. The number of anilines is 1. The molecule has 2 heterocycles. The van der Waals surface area contributed by atoms with Crippen LogP contribution >= 0.6 is 22.9 Å². The molecule has 0 aliphatic rings. The van der Waals surface area contributed by atoms with E-state index in [0.717, 1.165) is 22.0 Å². The Kier molecular flexibility index (Phi) is 4.24. The number of hydrogen-bond donors (Lipinski definition) is 2. The van der Waals surface area contributed by atoms with E-state index in [0.29, 0.717) is 21.4 Å². The number of aromatic nitrogens is 2. The van der Waals surface area contributed by atoms with Crippen LogP contribution in [0.25, 0.3) is 33.3 Å². The second kappa shape index (κ2) is 6.57. The van der Waals surface area contributed by atoms with Crippen molar-refractivity contribution in [3.05, 3.63) is 69.3 Å². The molecule has 2 aromatic heterocycles. The number of hydrogen-bond acceptors (Lipinski definition) is 5. The Morgan fingerprint density at radius 1 is 1.15 bits per heavy atom. The van der Waals surface area contributed by atoms with Gasteiger partial charge in [0.15, 0.2) is 5.13 Å². The zero-order valence-electron chi connectivity index (χ0n) is 13.9. The average molecular weight is 383 g/mol. The molecule has 0 fully saturated rings. The lowest BCUT2D eigenvalue weighted by Gasteiger charge is -2.15. The molecule has 3 N–H and O–H groups in total. The van der Waals surface area contributed by atoms with Gasteiger partial charge in [-0.05, 0) is 23.8 Å². The van der Waals surface area contributed by atoms with Crippen molar-refractivity contribution in [2.75, 3.05) is 5.43 Å². The summed E-state index contributed by atoms with van der Waals surface area (Å²) in [6, 6.07) is 15.3. The highest BCUT2D eigenvalue weighted by Crippen LogP contribution is 2.37. The largest absolute Gasteiger partial charge is 0.311 e. The Labute approximate surface area is 158 Å². The van der Waals surface area contributed by atoms with Crippen molar-refractivity contribution in [1.29, 1.82) is 0 Å². The first-order chi connectivity index (χ1) is 12.6. The maximum atomic E-state index is 13.2. The lowest BCUT2D eigenvalue weighted by Crippen LogP contribution is -2.20. The number of aryl methyl sites for hydroxylation is 1. The summed E-state index contributed by atoms with van der Waals surface area (Å²) in [6.07, 6.45) is 0. The SMILES string of the molecule is Cn1c(=O)c(-c2csc(NN)n2)c(-c2ccccc2)c2cc(Cl)ccc21. The Balaban J connectivity index is 2.19. The lowest BCUT2D eigenvalue weighted by atomic mass is 9.94. The van der Waals surface area contributed by atoms with Crippen molar-refractivity contribution in [3.8, 4) is 22.4 Å². The van der Waals surface area contributed by atoms with E-state index in [-0.39, 0.29) is 5.56 Å². The standard InChI is InChI=1S/C19H15ClN4OS/c1-24-15-8-7-12(20)9-13(15)16(11-5-3-2-4-6-11)17(18(24)25)14-10-26-19(22-14)23-21/h2-10H,21H2,1H3,(H,22,23). The zero-order valence-corrected chi connectivity index (χ0v) is 15.4. The predicted octanol–water partition coefficient (Wildman–Crippen LogP) is 4.27. The van der Waals surface area contributed by atoms with Gasteiger partial charge in [0.05, 0.1) is 16.8 Å². The van der Waals surface area contributed by atoms with Crippen LogP contribution < -0.4 is 16.8 Å². The number of nitrogens with one attached hydrogen (secondary N) is 1. The molecule has 0 aliphatic carbocycles. The number of nitrogens with zero attached hydrogens (tertiary/aromatic N) is 2. The van der Waals surface area contributed by atoms with Gasteiger partial charge >= 0.3 is 0 Å². The number of nitrogens with two attached hydrogens (primary N) is 1. The second-order valence-corrected chi connectivity index (χ2v) is 7.12. The van der Waals surface area contributed by atoms with E-state index in [4.69, 9.17) is 17.4 Å². The first-order valence-electron chi connectivity index (χ1n) is 7.90. The van der Waals surface area contributed by atoms with E-state index in [9.17, 15) is 4.79 Å². The van der Waals surface area contributed by atoms with Crippen molar-refractivity contribution in [2.45, 2.75) is 0 Å². The highest BCUT2D eigenvalue weighted by Gasteiger charge is 2.20. The van der Waals surface area contributed by atoms with Gasteiger partial charge in [-0.15, -0.1) is 11.3 Å². The van der Waals surface area contributed by atoms with E-state index >= 15 is 0 Å². The van der Waals surface area contributed by atoms with Crippen LogP contribution in [0.5, 0.6) is 0 Å². The molecule has 2 aromatic carbocycles. The second-order valence-electron chi connectivity index (χ2n) is 5.82. The molecule has 7 heteroatoms. The first kappa shape index (κ1) is 16.8. The summed E-state index contributed by atoms with van der Waals surface area (Å²) in [6.45, 7) is 0. The molecule has 0 unspecified atom stereocenters. The molecule has 0 bridgehead atoms. The van der Waals surface area contributed by atoms with Crippen LogP contribution in [0.15, 0.2) is 58.7 Å². The van der Waals surface area contributed by atoms with Gasteiger partial charge in [0.1, 0.15) is 0 Å². The molecule has 26 heavy (non-hydrogen) atoms. The van der Waals surface area contributed by atoms with Gasteiger partial charge in [0.2, 0.25) is 0 Å². The van der Waals surface area contributed by atoms with Crippen LogP contribution in [0.4, 0.5) is 5.13 Å². The number of pyridine rings is 1. The first-order valence-corrected chi connectivity index (χ1v) is 9.16. The minimum absolute atomic E-state index is 0.118. The normalized spacial score (nSPS) is 11.0. The molecular formula is C19H15ClN4OS. The molecule has 0 radical (unpaired) electrons. The van der Waals surface area contributed by atoms with Crippen molar-refractivity contribution >= 4 is 39.0 Å². The number of thiazole rings is 1. The molecule has 0 atom stereocenters. The van der Waals surface area contributed by atoms with E-state index in [2.05, 4.69) is 10.4 Å². The van der Waals surface area contributed by atoms with E-state index in [1.807, 2.05) is 47.8 Å². The van der Waals surface area contributed by atoms with Crippen LogP contribution in [-0.4, -0.2) is 9.55 Å². The fourth-order valence-electron chi connectivity index (χ4n) is 3.12. The molecule has 0 saturated heterocycles. The highest BCUT2D eigenvalue weighted by atomic mass is 35.5. The van der Waals surface area contributed by atoms with Gasteiger partial charge in [-0.25, -0.2) is 10.8 Å². The van der Waals surface area contributed by atoms with E-state index < -0.39 is 0 Å². The molecule has 130 valence electrons. The molecule has 0 spiro atoms. The minimum Gasteiger partial charge on any atom is -0.311 e. The molecule has 0 amide bonds. The average Bonchev–Trinajstić information content (AvgIpc) is 3.13. The van der Waals surface area contributed by atoms with Crippen molar-refractivity contribution in [1.82, 2.24) is 9.55 Å². The maximum Gasteiger partial charge on any atom is 0.260 e. The number of rotatable bonds is 3. The van der Waals surface area contributed by atoms with Crippen LogP contribution in [0, 0.1) is 0 Å². The molecule has 5 nitrogen and oxygen atoms in total. The summed E-state index contributed by atoms with van der Waals surface area (Å²) in [7, 11) is 1.76. The predicted molar refractivity (Wildman–Crippen MR) is 109 cm³/mol. The van der Waals surface area contributed by atoms with Crippen molar-refractivity contribution in [2.24, 2.45) is 12.9 Å². The lowest BCUT2D eigenvalue weighted by molar-refractivity contribution is 0.908. The van der Waals surface area contributed by atoms with Gasteiger partial charge in [-0.3, -0.25) is 10.2 Å². The van der Waals surface area contributed by atoms with Gasteiger partial charge < -0.3 is 4.57 Å². The quantitative estimate of drug-likeness (QED) is 0.410. The van der Waals surface area contributed by atoms with Gasteiger partial charge in [-0.1, -0.05) is 41.9 Å². The monoisotopic (exact) mass is 382 g/mol. The Morgan fingerprint density at radius 3 is 2.62 bits per heavy atom. The number of halogens is 1. The summed E-state index contributed by atoms with van der Waals surface area (Å²) in [5, 5.41) is 3.89. The van der Waals surface area contributed by atoms with Gasteiger partial charge in [0.25, 0.3) is 5.56 Å². The van der Waals surface area contributed by atoms with Crippen LogP contribution in [0.3, 0.4) is 0 Å². The van der Waals surface area contributed by atoms with E-state index in [1.165, 1.54) is 11.3 Å². The minimum atomic E-state index is -0.118. The number of benzene rings is 2. The zero-order chi connectivity index (χ0) is 18.3. The third-order valence-electron chi connectivity index (χ3n) is 4.30. The number of hydrazine groups is 1. The fraction of sp³-hybridized carbons (Fsp3) is 0.0526. The number of nitrogen functional groups attached to an aromatic ring is 1. The van der Waals surface area contributed by atoms with Crippen LogP contribution in [-0.2, 0) is 7.05 Å². The molecule has 4 rings (SSSR count). The number of fused-ring (bicyclic) bond motifs is 1. The molecule has 4 aromatic rings. The van der Waals surface area contributed by atoms with Crippen LogP contribution in [0.2, 0.25) is 5.02 Å². The molecule has 0 aliphatic heterocycles. The third-order valence-corrected chi connectivity index (χ3v) is 5.31. The van der Waals surface area contributed by atoms with Gasteiger partial charge in [-0.2, -0.15) is 0 Å². The highest BCUT2D eigenvalue weighted by molar-refractivity contribution is 7.14. The topological polar surface area (TPSA) is 72.9 Å². The van der Waals surface area contributed by atoms with Crippen molar-refractivity contribution in [3.63, 3.8) is 0 Å². The summed E-state index contributed by atoms with van der Waals surface area (Å²) in [4.78, 5) is 17.7. The fourth-order valence-corrected chi connectivity index (χ4v) is 3.90. The smallest absolute Gasteiger partial charge is 0.260 e. The summed E-state index contributed by atoms with van der Waals surface area (Å²) >= 11 is 7.62. The molecular weight excluding hydrogens is 368 g/mol. The Hall–Kier alpha value is -2.67. The summed E-state index contributed by atoms with van der Waals surface area (Å²) < 4.78 is 1.63. The summed E-state index contributed by atoms with van der Waals surface area (Å²) in [5.74, 6) is 5.47. The summed E-state index contributed by atoms with van der Waals surface area (Å²) in [5.41, 5.74) is 6.10. The van der Waals surface area contributed by atoms with Crippen LogP contribution in [0.1, 0.15) is 0 Å². The Morgan fingerprint density at radius 2 is 1.92 bits per heavy atom. The van der Waals surface area contributed by atoms with Gasteiger partial charge in [0, 0.05) is 28.4 Å². The van der Waals surface area contributed by atoms with Crippen molar-refractivity contribution < 1.29 is 0 Å².